The van der Waals surface area contributed by atoms with Gasteiger partial charge in [-0.3, -0.25) is 0 Å². The molecule has 17 heavy (non-hydrogen) atoms. The SMILES string of the molecule is C=CCNC(=O)Nc1cc(OC)ccc1OC. The molecule has 0 aromatic heterocycles. The largest absolute Gasteiger partial charge is 0.497 e. The molecular formula is C12H16N2O3. The van der Waals surface area contributed by atoms with Crippen LogP contribution in [0.5, 0.6) is 11.5 Å². The van der Waals surface area contributed by atoms with Crippen LogP contribution in [-0.4, -0.2) is 26.8 Å². The Kier molecular flexibility index (Phi) is 4.87. The van der Waals surface area contributed by atoms with E-state index in [1.165, 1.54) is 7.11 Å². The summed E-state index contributed by atoms with van der Waals surface area (Å²) >= 11 is 0. The van der Waals surface area contributed by atoms with Crippen LogP contribution in [0, 0.1) is 0 Å². The first-order valence-corrected chi connectivity index (χ1v) is 5.09. The third-order valence-corrected chi connectivity index (χ3v) is 2.06. The molecule has 0 radical (unpaired) electrons. The van der Waals surface area contributed by atoms with E-state index in [1.54, 1.807) is 31.4 Å². The van der Waals surface area contributed by atoms with Crippen LogP contribution in [0.15, 0.2) is 30.9 Å². The summed E-state index contributed by atoms with van der Waals surface area (Å²) in [4.78, 5) is 11.5. The number of rotatable bonds is 5. The van der Waals surface area contributed by atoms with Gasteiger partial charge in [-0.2, -0.15) is 0 Å². The molecule has 92 valence electrons. The molecule has 0 aliphatic carbocycles. The van der Waals surface area contributed by atoms with E-state index in [9.17, 15) is 4.79 Å². The minimum absolute atomic E-state index is 0.323. The number of benzene rings is 1. The van der Waals surface area contributed by atoms with Gasteiger partial charge in [0.15, 0.2) is 0 Å². The summed E-state index contributed by atoms with van der Waals surface area (Å²) in [6.45, 7) is 3.91. The Morgan fingerprint density at radius 2 is 2.18 bits per heavy atom. The molecule has 0 aliphatic heterocycles. The highest BCUT2D eigenvalue weighted by atomic mass is 16.5. The number of methoxy groups -OCH3 is 2. The maximum atomic E-state index is 11.5. The maximum Gasteiger partial charge on any atom is 0.319 e. The molecule has 0 atom stereocenters. The standard InChI is InChI=1S/C12H16N2O3/c1-4-7-13-12(15)14-10-8-9(16-2)5-6-11(10)17-3/h4-6,8H,1,7H2,2-3H3,(H2,13,14,15). The number of carbonyl (C=O) groups is 1. The normalized spacial score (nSPS) is 9.29. The Hall–Kier alpha value is -2.17. The summed E-state index contributed by atoms with van der Waals surface area (Å²) in [5.41, 5.74) is 0.549. The van der Waals surface area contributed by atoms with Crippen LogP contribution in [0.3, 0.4) is 0 Å². The lowest BCUT2D eigenvalue weighted by Crippen LogP contribution is -2.28. The molecule has 0 saturated heterocycles. The third-order valence-electron chi connectivity index (χ3n) is 2.06. The Labute approximate surface area is 100 Å². The number of anilines is 1. The molecule has 1 aromatic rings. The summed E-state index contributed by atoms with van der Waals surface area (Å²) < 4.78 is 10.2. The number of hydrogen-bond donors (Lipinski definition) is 2. The highest BCUT2D eigenvalue weighted by molar-refractivity contribution is 5.91. The van der Waals surface area contributed by atoms with E-state index in [1.807, 2.05) is 0 Å². The lowest BCUT2D eigenvalue weighted by Gasteiger charge is -2.11. The lowest BCUT2D eigenvalue weighted by molar-refractivity contribution is 0.253. The van der Waals surface area contributed by atoms with Crippen LogP contribution >= 0.6 is 0 Å². The predicted octanol–water partition coefficient (Wildman–Crippen LogP) is 2.01. The van der Waals surface area contributed by atoms with E-state index in [2.05, 4.69) is 17.2 Å². The van der Waals surface area contributed by atoms with Gasteiger partial charge < -0.3 is 20.1 Å². The number of amides is 2. The van der Waals surface area contributed by atoms with Crippen LogP contribution < -0.4 is 20.1 Å². The van der Waals surface area contributed by atoms with Gasteiger partial charge in [0.2, 0.25) is 0 Å². The molecule has 0 aliphatic rings. The second-order valence-electron chi connectivity index (χ2n) is 3.19. The average molecular weight is 236 g/mol. The van der Waals surface area contributed by atoms with Crippen molar-refractivity contribution >= 4 is 11.7 Å². The van der Waals surface area contributed by atoms with Crippen LogP contribution in [0.4, 0.5) is 10.5 Å². The average Bonchev–Trinajstić information content (AvgIpc) is 2.36. The van der Waals surface area contributed by atoms with Crippen molar-refractivity contribution in [2.45, 2.75) is 0 Å². The van der Waals surface area contributed by atoms with Crippen molar-refractivity contribution in [3.05, 3.63) is 30.9 Å². The first kappa shape index (κ1) is 12.9. The van der Waals surface area contributed by atoms with Gasteiger partial charge in [0.05, 0.1) is 19.9 Å². The van der Waals surface area contributed by atoms with Gasteiger partial charge in [-0.1, -0.05) is 6.08 Å². The number of hydrogen-bond acceptors (Lipinski definition) is 3. The van der Waals surface area contributed by atoms with Gasteiger partial charge in [0, 0.05) is 12.6 Å². The second-order valence-corrected chi connectivity index (χ2v) is 3.19. The van der Waals surface area contributed by atoms with E-state index in [0.717, 1.165) is 0 Å². The first-order chi connectivity index (χ1) is 8.21. The van der Waals surface area contributed by atoms with Crippen molar-refractivity contribution in [3.63, 3.8) is 0 Å². The summed E-state index contributed by atoms with van der Waals surface area (Å²) in [5, 5.41) is 5.27. The van der Waals surface area contributed by atoms with Gasteiger partial charge in [0.25, 0.3) is 0 Å². The number of urea groups is 1. The summed E-state index contributed by atoms with van der Waals surface area (Å²) in [5.74, 6) is 1.21. The molecule has 1 aromatic carbocycles. The van der Waals surface area contributed by atoms with Crippen molar-refractivity contribution < 1.29 is 14.3 Å². The minimum atomic E-state index is -0.323. The molecule has 0 fully saturated rings. The fourth-order valence-electron chi connectivity index (χ4n) is 1.24. The molecule has 0 heterocycles. The lowest BCUT2D eigenvalue weighted by atomic mass is 10.2. The molecule has 0 bridgehead atoms. The van der Waals surface area contributed by atoms with Crippen LogP contribution in [0.2, 0.25) is 0 Å². The molecule has 2 N–H and O–H groups in total. The van der Waals surface area contributed by atoms with Crippen molar-refractivity contribution in [3.8, 4) is 11.5 Å². The summed E-state index contributed by atoms with van der Waals surface area (Å²) in [7, 11) is 3.10. The zero-order chi connectivity index (χ0) is 12.7. The minimum Gasteiger partial charge on any atom is -0.497 e. The molecule has 0 saturated carbocycles. The zero-order valence-corrected chi connectivity index (χ0v) is 9.95. The fourth-order valence-corrected chi connectivity index (χ4v) is 1.24. The highest BCUT2D eigenvalue weighted by Crippen LogP contribution is 2.28. The van der Waals surface area contributed by atoms with Crippen molar-refractivity contribution in [1.82, 2.24) is 5.32 Å². The maximum absolute atomic E-state index is 11.5. The topological polar surface area (TPSA) is 59.6 Å². The van der Waals surface area contributed by atoms with Crippen molar-refractivity contribution in [2.75, 3.05) is 26.1 Å². The quantitative estimate of drug-likeness (QED) is 0.769. The van der Waals surface area contributed by atoms with E-state index in [4.69, 9.17) is 9.47 Å². The second kappa shape index (κ2) is 6.42. The summed E-state index contributed by atoms with van der Waals surface area (Å²) in [6.07, 6.45) is 1.60. The Morgan fingerprint density at radius 1 is 1.41 bits per heavy atom. The van der Waals surface area contributed by atoms with E-state index in [0.29, 0.717) is 23.7 Å². The van der Waals surface area contributed by atoms with Crippen molar-refractivity contribution in [2.24, 2.45) is 0 Å². The number of ether oxygens (including phenoxy) is 2. The molecule has 0 spiro atoms. The smallest absolute Gasteiger partial charge is 0.319 e. The van der Waals surface area contributed by atoms with Crippen molar-refractivity contribution in [1.29, 1.82) is 0 Å². The van der Waals surface area contributed by atoms with E-state index in [-0.39, 0.29) is 6.03 Å². The summed E-state index contributed by atoms with van der Waals surface area (Å²) in [6, 6.07) is 4.84. The Bertz CT molecular complexity index is 405. The van der Waals surface area contributed by atoms with Gasteiger partial charge in [0.1, 0.15) is 11.5 Å². The Morgan fingerprint density at radius 3 is 2.76 bits per heavy atom. The van der Waals surface area contributed by atoms with E-state index < -0.39 is 0 Å². The molecule has 5 heteroatoms. The molecule has 5 nitrogen and oxygen atoms in total. The van der Waals surface area contributed by atoms with Gasteiger partial charge >= 0.3 is 6.03 Å². The molecule has 0 unspecified atom stereocenters. The zero-order valence-electron chi connectivity index (χ0n) is 9.95. The monoisotopic (exact) mass is 236 g/mol. The fraction of sp³-hybridized carbons (Fsp3) is 0.250. The number of carbonyl (C=O) groups excluding carboxylic acids is 1. The number of nitrogens with one attached hydrogen (secondary N) is 2. The highest BCUT2D eigenvalue weighted by Gasteiger charge is 2.07. The van der Waals surface area contributed by atoms with E-state index >= 15 is 0 Å². The van der Waals surface area contributed by atoms with Crippen LogP contribution in [-0.2, 0) is 0 Å². The molecule has 1 rings (SSSR count). The first-order valence-electron chi connectivity index (χ1n) is 5.09. The van der Waals surface area contributed by atoms with Gasteiger partial charge in [-0.05, 0) is 12.1 Å². The van der Waals surface area contributed by atoms with Gasteiger partial charge in [-0.25, -0.2) is 4.79 Å². The molecular weight excluding hydrogens is 220 g/mol. The molecule has 2 amide bonds. The third kappa shape index (κ3) is 3.71. The van der Waals surface area contributed by atoms with Gasteiger partial charge in [-0.15, -0.1) is 6.58 Å². The predicted molar refractivity (Wildman–Crippen MR) is 66.8 cm³/mol. The van der Waals surface area contributed by atoms with Crippen LogP contribution in [0.1, 0.15) is 0 Å². The Balaban J connectivity index is 2.79. The van der Waals surface area contributed by atoms with Crippen LogP contribution in [0.25, 0.3) is 0 Å².